The number of aryl methyl sites for hydroxylation is 1. The second kappa shape index (κ2) is 6.25. The summed E-state index contributed by atoms with van der Waals surface area (Å²) in [6, 6.07) is 10.7. The van der Waals surface area contributed by atoms with Gasteiger partial charge < -0.3 is 5.32 Å². The lowest BCUT2D eigenvalue weighted by Crippen LogP contribution is -2.06. The molecule has 3 rings (SSSR count). The van der Waals surface area contributed by atoms with E-state index in [1.165, 1.54) is 24.0 Å². The van der Waals surface area contributed by atoms with Crippen molar-refractivity contribution in [3.8, 4) is 11.4 Å². The fourth-order valence-corrected chi connectivity index (χ4v) is 2.59. The van der Waals surface area contributed by atoms with Crippen LogP contribution in [0, 0.1) is 0 Å². The van der Waals surface area contributed by atoms with Gasteiger partial charge in [0, 0.05) is 23.9 Å². The molecule has 2 aromatic rings. The fourth-order valence-electron chi connectivity index (χ4n) is 2.59. The van der Waals surface area contributed by atoms with E-state index >= 15 is 0 Å². The molecule has 0 spiro atoms. The molecule has 3 heteroatoms. The molecular weight excluding hydrogens is 258 g/mol. The van der Waals surface area contributed by atoms with Crippen LogP contribution in [0.3, 0.4) is 0 Å². The average Bonchev–Trinajstić information content (AvgIpc) is 3.37. The number of hydrogen-bond acceptors (Lipinski definition) is 3. The third-order valence-electron chi connectivity index (χ3n) is 3.92. The van der Waals surface area contributed by atoms with Crippen LogP contribution in [0.2, 0.25) is 0 Å². The Morgan fingerprint density at radius 1 is 1.14 bits per heavy atom. The lowest BCUT2D eigenvalue weighted by atomic mass is 10.0. The summed E-state index contributed by atoms with van der Waals surface area (Å²) in [4.78, 5) is 9.49. The quantitative estimate of drug-likeness (QED) is 0.852. The minimum atomic E-state index is 0.710. The summed E-state index contributed by atoms with van der Waals surface area (Å²) in [6.07, 6.45) is 4.62. The molecular formula is C18H23N3. The third-order valence-corrected chi connectivity index (χ3v) is 3.92. The molecule has 21 heavy (non-hydrogen) atoms. The van der Waals surface area contributed by atoms with Gasteiger partial charge in [-0.2, -0.15) is 0 Å². The highest BCUT2D eigenvalue weighted by Crippen LogP contribution is 2.43. The lowest BCUT2D eigenvalue weighted by Gasteiger charge is -2.11. The molecule has 0 aliphatic heterocycles. The van der Waals surface area contributed by atoms with Crippen LogP contribution >= 0.6 is 0 Å². The number of nitrogens with zero attached hydrogens (tertiary/aromatic N) is 2. The summed E-state index contributed by atoms with van der Waals surface area (Å²) in [5, 5.41) is 3.39. The summed E-state index contributed by atoms with van der Waals surface area (Å²) in [6.45, 7) is 5.25. The van der Waals surface area contributed by atoms with Crippen molar-refractivity contribution in [1.82, 2.24) is 9.97 Å². The van der Waals surface area contributed by atoms with Crippen molar-refractivity contribution in [3.05, 3.63) is 41.6 Å². The maximum absolute atomic E-state index is 4.75. The van der Waals surface area contributed by atoms with E-state index in [4.69, 9.17) is 9.97 Å². The molecule has 1 fully saturated rings. The highest BCUT2D eigenvalue weighted by Gasteiger charge is 2.26. The predicted molar refractivity (Wildman–Crippen MR) is 87.6 cm³/mol. The minimum Gasteiger partial charge on any atom is -0.370 e. The van der Waals surface area contributed by atoms with E-state index in [1.54, 1.807) is 0 Å². The molecule has 0 bridgehead atoms. The van der Waals surface area contributed by atoms with Gasteiger partial charge in [-0.05, 0) is 37.2 Å². The molecule has 1 N–H and O–H groups in total. The largest absolute Gasteiger partial charge is 0.370 e. The lowest BCUT2D eigenvalue weighted by molar-refractivity contribution is 0.949. The van der Waals surface area contributed by atoms with Gasteiger partial charge in [-0.3, -0.25) is 0 Å². The smallest absolute Gasteiger partial charge is 0.162 e. The van der Waals surface area contributed by atoms with E-state index in [0.29, 0.717) is 5.92 Å². The molecule has 1 saturated carbocycles. The summed E-state index contributed by atoms with van der Waals surface area (Å²) in [7, 11) is 0. The Hall–Kier alpha value is -1.90. The van der Waals surface area contributed by atoms with Crippen molar-refractivity contribution in [2.45, 2.75) is 45.4 Å². The molecule has 0 radical (unpaired) electrons. The van der Waals surface area contributed by atoms with Crippen molar-refractivity contribution < 1.29 is 0 Å². The van der Waals surface area contributed by atoms with Crippen molar-refractivity contribution in [2.24, 2.45) is 0 Å². The standard InChI is InChI=1S/C18H23N3/c1-3-11-19-17-12-14(4-2)20-18(21-17)16-8-6-5-7-15(16)13-9-10-13/h5-8,12-13H,3-4,9-11H2,1-2H3,(H,19,20,21). The van der Waals surface area contributed by atoms with Crippen LogP contribution in [0.1, 0.15) is 50.3 Å². The second-order valence-corrected chi connectivity index (χ2v) is 5.71. The summed E-state index contributed by atoms with van der Waals surface area (Å²) < 4.78 is 0. The first-order valence-electron chi connectivity index (χ1n) is 8.03. The number of anilines is 1. The zero-order valence-electron chi connectivity index (χ0n) is 12.9. The first-order valence-corrected chi connectivity index (χ1v) is 8.03. The van der Waals surface area contributed by atoms with Crippen molar-refractivity contribution in [3.63, 3.8) is 0 Å². The molecule has 0 amide bonds. The van der Waals surface area contributed by atoms with E-state index in [-0.39, 0.29) is 0 Å². The number of nitrogens with one attached hydrogen (secondary N) is 1. The Balaban J connectivity index is 2.00. The van der Waals surface area contributed by atoms with Gasteiger partial charge in [-0.25, -0.2) is 9.97 Å². The van der Waals surface area contributed by atoms with Crippen LogP contribution in [-0.2, 0) is 6.42 Å². The zero-order valence-corrected chi connectivity index (χ0v) is 12.9. The van der Waals surface area contributed by atoms with Gasteiger partial charge >= 0.3 is 0 Å². The first kappa shape index (κ1) is 14.1. The topological polar surface area (TPSA) is 37.8 Å². The van der Waals surface area contributed by atoms with E-state index in [0.717, 1.165) is 36.7 Å². The molecule has 0 unspecified atom stereocenters. The Morgan fingerprint density at radius 3 is 2.67 bits per heavy atom. The van der Waals surface area contributed by atoms with Crippen molar-refractivity contribution in [1.29, 1.82) is 0 Å². The summed E-state index contributed by atoms with van der Waals surface area (Å²) in [5.41, 5.74) is 3.71. The average molecular weight is 281 g/mol. The Morgan fingerprint density at radius 2 is 1.95 bits per heavy atom. The molecule has 0 atom stereocenters. The molecule has 0 saturated heterocycles. The van der Waals surface area contributed by atoms with E-state index < -0.39 is 0 Å². The highest BCUT2D eigenvalue weighted by molar-refractivity contribution is 5.63. The van der Waals surface area contributed by atoms with Gasteiger partial charge in [-0.15, -0.1) is 0 Å². The Bertz CT molecular complexity index is 618. The Labute approximate surface area is 126 Å². The van der Waals surface area contributed by atoms with Crippen LogP contribution in [0.25, 0.3) is 11.4 Å². The number of rotatable bonds is 6. The van der Waals surface area contributed by atoms with Crippen LogP contribution < -0.4 is 5.32 Å². The zero-order chi connectivity index (χ0) is 14.7. The first-order chi connectivity index (χ1) is 10.3. The molecule has 3 nitrogen and oxygen atoms in total. The highest BCUT2D eigenvalue weighted by atomic mass is 15.0. The monoisotopic (exact) mass is 281 g/mol. The van der Waals surface area contributed by atoms with Crippen LogP contribution in [0.4, 0.5) is 5.82 Å². The number of hydrogen-bond donors (Lipinski definition) is 1. The van der Waals surface area contributed by atoms with E-state index in [2.05, 4.69) is 49.5 Å². The minimum absolute atomic E-state index is 0.710. The molecule has 1 aromatic carbocycles. The van der Waals surface area contributed by atoms with Crippen LogP contribution in [0.15, 0.2) is 30.3 Å². The molecule has 1 aliphatic rings. The molecule has 1 aliphatic carbocycles. The summed E-state index contributed by atoms with van der Waals surface area (Å²) in [5.74, 6) is 2.53. The van der Waals surface area contributed by atoms with Crippen molar-refractivity contribution >= 4 is 5.82 Å². The SMILES string of the molecule is CCCNc1cc(CC)nc(-c2ccccc2C2CC2)n1. The van der Waals surface area contributed by atoms with Gasteiger partial charge in [0.1, 0.15) is 5.82 Å². The molecule has 1 heterocycles. The second-order valence-electron chi connectivity index (χ2n) is 5.71. The Kier molecular flexibility index (Phi) is 4.18. The fraction of sp³-hybridized carbons (Fsp3) is 0.444. The summed E-state index contributed by atoms with van der Waals surface area (Å²) >= 11 is 0. The maximum atomic E-state index is 4.75. The molecule has 110 valence electrons. The van der Waals surface area contributed by atoms with Gasteiger partial charge in [0.2, 0.25) is 0 Å². The normalized spacial score (nSPS) is 14.2. The molecule has 1 aromatic heterocycles. The van der Waals surface area contributed by atoms with Gasteiger partial charge in [0.05, 0.1) is 0 Å². The van der Waals surface area contributed by atoms with Gasteiger partial charge in [-0.1, -0.05) is 38.1 Å². The number of benzene rings is 1. The predicted octanol–water partition coefficient (Wildman–Crippen LogP) is 4.41. The van der Waals surface area contributed by atoms with Gasteiger partial charge in [0.25, 0.3) is 0 Å². The van der Waals surface area contributed by atoms with Crippen LogP contribution in [0.5, 0.6) is 0 Å². The van der Waals surface area contributed by atoms with Gasteiger partial charge in [0.15, 0.2) is 5.82 Å². The maximum Gasteiger partial charge on any atom is 0.162 e. The van der Waals surface area contributed by atoms with E-state index in [1.807, 2.05) is 0 Å². The van der Waals surface area contributed by atoms with Crippen molar-refractivity contribution in [2.75, 3.05) is 11.9 Å². The van der Waals surface area contributed by atoms with Crippen LogP contribution in [-0.4, -0.2) is 16.5 Å². The number of aromatic nitrogens is 2. The third kappa shape index (κ3) is 3.23. The van der Waals surface area contributed by atoms with E-state index in [9.17, 15) is 0 Å².